The van der Waals surface area contributed by atoms with Crippen molar-refractivity contribution in [1.82, 2.24) is 4.90 Å². The molecule has 1 amide bonds. The van der Waals surface area contributed by atoms with Gasteiger partial charge in [-0.3, -0.25) is 9.59 Å². The average Bonchev–Trinajstić information content (AvgIpc) is 2.92. The Morgan fingerprint density at radius 1 is 0.786 bits per heavy atom. The van der Waals surface area contributed by atoms with E-state index in [0.717, 1.165) is 31.4 Å². The van der Waals surface area contributed by atoms with Crippen molar-refractivity contribution in [3.05, 3.63) is 34.9 Å². The zero-order chi connectivity index (χ0) is 32.2. The summed E-state index contributed by atoms with van der Waals surface area (Å²) in [6.07, 6.45) is 17.2. The van der Waals surface area contributed by atoms with Crippen LogP contribution >= 0.6 is 11.6 Å². The standard InChI is InChI=1S/C14H29NO2.C10H20O2.C9H10ClNO2/c1-5-6-7-8-9-10-11-12-15(4)14(16)17-13(2)3;1-2-3-4-5-6-7-8-9-10(11)12;10-7-3-1-6(2-4-7)8(11)5-9(12)13/h13H,5-12H2,1-4H3;2-9H2,1H3,(H,11,12);1-4,8H,5,11H2,(H,12,13). The van der Waals surface area contributed by atoms with E-state index in [0.29, 0.717) is 11.4 Å². The van der Waals surface area contributed by atoms with Crippen molar-refractivity contribution in [3.8, 4) is 0 Å². The molecule has 244 valence electrons. The minimum absolute atomic E-state index is 0.0287. The van der Waals surface area contributed by atoms with Gasteiger partial charge in [0.25, 0.3) is 0 Å². The van der Waals surface area contributed by atoms with Crippen molar-refractivity contribution in [1.29, 1.82) is 0 Å². The number of nitrogens with two attached hydrogens (primary N) is 1. The molecule has 1 aromatic carbocycles. The number of hydrogen-bond donors (Lipinski definition) is 3. The number of carbonyl (C=O) groups is 3. The molecular formula is C33H59ClN2O6. The first-order chi connectivity index (χ1) is 19.9. The van der Waals surface area contributed by atoms with Gasteiger partial charge in [-0.05, 0) is 44.4 Å². The zero-order valence-corrected chi connectivity index (χ0v) is 27.7. The maximum Gasteiger partial charge on any atom is 0.409 e. The minimum Gasteiger partial charge on any atom is -0.481 e. The predicted octanol–water partition coefficient (Wildman–Crippen LogP) is 9.24. The van der Waals surface area contributed by atoms with Gasteiger partial charge in [-0.25, -0.2) is 4.79 Å². The number of aliphatic carboxylic acids is 2. The number of unbranched alkanes of at least 4 members (excludes halogenated alkanes) is 12. The third-order valence-corrected chi connectivity index (χ3v) is 6.68. The first kappa shape index (κ1) is 41.8. The Balaban J connectivity index is 0. The minimum atomic E-state index is -0.901. The van der Waals surface area contributed by atoms with Crippen LogP contribution in [-0.2, 0) is 14.3 Å². The summed E-state index contributed by atoms with van der Waals surface area (Å²) in [7, 11) is 1.81. The molecule has 1 rings (SSSR count). The third kappa shape index (κ3) is 29.2. The highest BCUT2D eigenvalue weighted by atomic mass is 35.5. The number of benzene rings is 1. The van der Waals surface area contributed by atoms with Crippen LogP contribution in [0.1, 0.15) is 142 Å². The van der Waals surface area contributed by atoms with Gasteiger partial charge in [0.2, 0.25) is 0 Å². The van der Waals surface area contributed by atoms with Gasteiger partial charge in [-0.2, -0.15) is 0 Å². The molecule has 0 aliphatic rings. The van der Waals surface area contributed by atoms with Crippen LogP contribution in [0.5, 0.6) is 0 Å². The van der Waals surface area contributed by atoms with E-state index in [4.69, 9.17) is 32.3 Å². The van der Waals surface area contributed by atoms with Crippen LogP contribution in [0.25, 0.3) is 0 Å². The first-order valence-electron chi connectivity index (χ1n) is 15.8. The second kappa shape index (κ2) is 28.8. The number of halogens is 1. The fourth-order valence-corrected chi connectivity index (χ4v) is 4.06. The molecule has 0 saturated carbocycles. The molecule has 0 spiro atoms. The van der Waals surface area contributed by atoms with Crippen molar-refractivity contribution in [2.75, 3.05) is 13.6 Å². The largest absolute Gasteiger partial charge is 0.481 e. The first-order valence-corrected chi connectivity index (χ1v) is 16.2. The molecule has 42 heavy (non-hydrogen) atoms. The monoisotopic (exact) mass is 614 g/mol. The van der Waals surface area contributed by atoms with Gasteiger partial charge < -0.3 is 25.6 Å². The van der Waals surface area contributed by atoms with Crippen LogP contribution in [0.3, 0.4) is 0 Å². The highest BCUT2D eigenvalue weighted by Gasteiger charge is 2.11. The van der Waals surface area contributed by atoms with Crippen molar-refractivity contribution in [3.63, 3.8) is 0 Å². The van der Waals surface area contributed by atoms with E-state index >= 15 is 0 Å². The van der Waals surface area contributed by atoms with Crippen LogP contribution in [0.2, 0.25) is 5.02 Å². The highest BCUT2D eigenvalue weighted by molar-refractivity contribution is 6.30. The Hall–Kier alpha value is -2.32. The van der Waals surface area contributed by atoms with E-state index in [1.165, 1.54) is 70.6 Å². The van der Waals surface area contributed by atoms with Crippen LogP contribution < -0.4 is 5.73 Å². The molecule has 9 heteroatoms. The molecule has 0 radical (unpaired) electrons. The van der Waals surface area contributed by atoms with Gasteiger partial charge in [0.05, 0.1) is 12.5 Å². The third-order valence-electron chi connectivity index (χ3n) is 6.43. The van der Waals surface area contributed by atoms with E-state index in [9.17, 15) is 14.4 Å². The molecular weight excluding hydrogens is 556 g/mol. The number of carbonyl (C=O) groups excluding carboxylic acids is 1. The quantitative estimate of drug-likeness (QED) is 0.125. The molecule has 0 aliphatic heterocycles. The topological polar surface area (TPSA) is 130 Å². The Morgan fingerprint density at radius 2 is 1.24 bits per heavy atom. The SMILES string of the molecule is CCCCCCCCCC(=O)O.CCCCCCCCCN(C)C(=O)OC(C)C.NC(CC(=O)O)c1ccc(Cl)cc1. The van der Waals surface area contributed by atoms with Gasteiger partial charge in [-0.1, -0.05) is 115 Å². The molecule has 8 nitrogen and oxygen atoms in total. The summed E-state index contributed by atoms with van der Waals surface area (Å²) in [4.78, 5) is 33.6. The van der Waals surface area contributed by atoms with Crippen molar-refractivity contribution >= 4 is 29.6 Å². The van der Waals surface area contributed by atoms with Gasteiger partial charge in [0.15, 0.2) is 0 Å². The molecule has 0 saturated heterocycles. The Kier molecular flexibility index (Phi) is 28.7. The lowest BCUT2D eigenvalue weighted by Crippen LogP contribution is -2.30. The van der Waals surface area contributed by atoms with Gasteiger partial charge in [0, 0.05) is 31.1 Å². The highest BCUT2D eigenvalue weighted by Crippen LogP contribution is 2.17. The average molecular weight is 615 g/mol. The number of hydrogen-bond acceptors (Lipinski definition) is 5. The molecule has 1 unspecified atom stereocenters. The van der Waals surface area contributed by atoms with E-state index in [-0.39, 0.29) is 18.6 Å². The van der Waals surface area contributed by atoms with Crippen LogP contribution in [0, 0.1) is 0 Å². The van der Waals surface area contributed by atoms with Crippen molar-refractivity contribution < 1.29 is 29.3 Å². The summed E-state index contributed by atoms with van der Waals surface area (Å²) < 4.78 is 5.11. The lowest BCUT2D eigenvalue weighted by Gasteiger charge is -2.18. The molecule has 4 N–H and O–H groups in total. The van der Waals surface area contributed by atoms with Gasteiger partial charge >= 0.3 is 18.0 Å². The smallest absolute Gasteiger partial charge is 0.409 e. The number of nitrogens with zero attached hydrogens (tertiary/aromatic N) is 1. The van der Waals surface area contributed by atoms with E-state index < -0.39 is 18.0 Å². The second-order valence-electron chi connectivity index (χ2n) is 11.0. The molecule has 0 aromatic heterocycles. The fraction of sp³-hybridized carbons (Fsp3) is 0.727. The molecule has 1 atom stereocenters. The zero-order valence-electron chi connectivity index (χ0n) is 26.9. The molecule has 0 aliphatic carbocycles. The summed E-state index contributed by atoms with van der Waals surface area (Å²) in [5, 5.41) is 17.5. The Labute approximate surface area is 260 Å². The summed E-state index contributed by atoms with van der Waals surface area (Å²) in [6, 6.07) is 6.39. The molecule has 0 bridgehead atoms. The van der Waals surface area contributed by atoms with E-state index in [1.807, 2.05) is 20.9 Å². The fourth-order valence-electron chi connectivity index (χ4n) is 3.94. The van der Waals surface area contributed by atoms with Gasteiger partial charge in [-0.15, -0.1) is 0 Å². The molecule has 0 fully saturated rings. The van der Waals surface area contributed by atoms with Crippen LogP contribution in [0.4, 0.5) is 4.79 Å². The summed E-state index contributed by atoms with van der Waals surface area (Å²) in [5.41, 5.74) is 6.41. The van der Waals surface area contributed by atoms with Crippen molar-refractivity contribution in [2.45, 2.75) is 143 Å². The van der Waals surface area contributed by atoms with E-state index in [1.54, 1.807) is 29.2 Å². The summed E-state index contributed by atoms with van der Waals surface area (Å²) in [5.74, 6) is -1.56. The molecule has 1 aromatic rings. The van der Waals surface area contributed by atoms with Crippen molar-refractivity contribution in [2.24, 2.45) is 5.73 Å². The molecule has 0 heterocycles. The Bertz CT molecular complexity index is 804. The number of amides is 1. The lowest BCUT2D eigenvalue weighted by atomic mass is 10.1. The number of carboxylic acid groups (broad SMARTS) is 2. The second-order valence-corrected chi connectivity index (χ2v) is 11.4. The normalized spacial score (nSPS) is 11.0. The van der Waals surface area contributed by atoms with Gasteiger partial charge in [0.1, 0.15) is 0 Å². The van der Waals surface area contributed by atoms with E-state index in [2.05, 4.69) is 13.8 Å². The maximum atomic E-state index is 11.5. The predicted molar refractivity (Wildman–Crippen MR) is 173 cm³/mol. The maximum absolute atomic E-state index is 11.5. The number of ether oxygens (including phenoxy) is 1. The number of carboxylic acids is 2. The number of rotatable bonds is 20. The van der Waals surface area contributed by atoms with Crippen LogP contribution in [-0.4, -0.2) is 52.8 Å². The lowest BCUT2D eigenvalue weighted by molar-refractivity contribution is -0.138. The summed E-state index contributed by atoms with van der Waals surface area (Å²) in [6.45, 7) is 8.98. The van der Waals surface area contributed by atoms with Crippen LogP contribution in [0.15, 0.2) is 24.3 Å². The summed E-state index contributed by atoms with van der Waals surface area (Å²) >= 11 is 5.66. The Morgan fingerprint density at radius 3 is 1.67 bits per heavy atom.